The molecule has 23 heavy (non-hydrogen) atoms. The molecule has 6 nitrogen and oxygen atoms in total. The van der Waals surface area contributed by atoms with Crippen LogP contribution in [0.15, 0.2) is 18.2 Å². The highest BCUT2D eigenvalue weighted by molar-refractivity contribution is 6.00. The summed E-state index contributed by atoms with van der Waals surface area (Å²) in [5.41, 5.74) is 1.54. The maximum Gasteiger partial charge on any atom is 0.307 e. The van der Waals surface area contributed by atoms with E-state index in [0.29, 0.717) is 17.8 Å². The van der Waals surface area contributed by atoms with E-state index in [-0.39, 0.29) is 11.8 Å². The minimum Gasteiger partial charge on any atom is -0.481 e. The van der Waals surface area contributed by atoms with Crippen LogP contribution in [-0.2, 0) is 14.4 Å². The largest absolute Gasteiger partial charge is 0.481 e. The smallest absolute Gasteiger partial charge is 0.307 e. The first-order valence-electron chi connectivity index (χ1n) is 7.55. The molecule has 1 saturated carbocycles. The van der Waals surface area contributed by atoms with Crippen molar-refractivity contribution < 1.29 is 19.5 Å². The van der Waals surface area contributed by atoms with E-state index in [9.17, 15) is 14.4 Å². The Morgan fingerprint density at radius 3 is 2.30 bits per heavy atom. The van der Waals surface area contributed by atoms with Gasteiger partial charge in [0.2, 0.25) is 11.8 Å². The van der Waals surface area contributed by atoms with Crippen molar-refractivity contribution in [3.05, 3.63) is 23.8 Å². The van der Waals surface area contributed by atoms with Gasteiger partial charge in [0, 0.05) is 16.8 Å². The molecule has 0 radical (unpaired) electrons. The molecule has 6 heteroatoms. The van der Waals surface area contributed by atoms with Gasteiger partial charge in [-0.3, -0.25) is 14.4 Å². The van der Waals surface area contributed by atoms with Crippen LogP contribution in [0.4, 0.5) is 11.4 Å². The number of carboxylic acids is 1. The molecule has 2 atom stereocenters. The summed E-state index contributed by atoms with van der Waals surface area (Å²) in [5, 5.41) is 14.4. The van der Waals surface area contributed by atoms with Gasteiger partial charge in [-0.25, -0.2) is 0 Å². The van der Waals surface area contributed by atoms with E-state index in [1.165, 1.54) is 0 Å². The van der Waals surface area contributed by atoms with Crippen LogP contribution in [0.5, 0.6) is 0 Å². The number of hydrogen-bond acceptors (Lipinski definition) is 3. The molecular formula is C17H22N2O4. The highest BCUT2D eigenvalue weighted by atomic mass is 16.4. The normalized spacial score (nSPS) is 19.8. The summed E-state index contributed by atoms with van der Waals surface area (Å²) in [4.78, 5) is 34.9. The molecule has 1 aliphatic rings. The number of hydrogen-bond donors (Lipinski definition) is 3. The number of anilines is 2. The maximum atomic E-state index is 12.1. The van der Waals surface area contributed by atoms with Gasteiger partial charge in [0.05, 0.1) is 11.8 Å². The third-order valence-electron chi connectivity index (χ3n) is 3.88. The summed E-state index contributed by atoms with van der Waals surface area (Å²) in [5.74, 6) is -2.40. The lowest BCUT2D eigenvalue weighted by molar-refractivity contribution is -0.139. The quantitative estimate of drug-likeness (QED) is 0.795. The molecule has 0 heterocycles. The molecule has 2 amide bonds. The molecule has 1 fully saturated rings. The average molecular weight is 318 g/mol. The van der Waals surface area contributed by atoms with E-state index in [1.54, 1.807) is 18.2 Å². The fourth-order valence-corrected chi connectivity index (χ4v) is 2.14. The second-order valence-corrected chi connectivity index (χ2v) is 7.01. The standard InChI is InChI=1S/C17H22N2O4/c1-9-5-6-10(7-13(9)19-16(23)17(2,3)4)18-14(20)11-8-12(11)15(21)22/h5-7,11-12H,8H2,1-4H3,(H,18,20)(H,19,23)(H,21,22)/t11-,12+/m1/s1. The molecule has 1 aliphatic carbocycles. The second kappa shape index (κ2) is 6.02. The van der Waals surface area contributed by atoms with Crippen LogP contribution in [0, 0.1) is 24.2 Å². The number of nitrogens with one attached hydrogen (secondary N) is 2. The monoisotopic (exact) mass is 318 g/mol. The summed E-state index contributed by atoms with van der Waals surface area (Å²) in [6.45, 7) is 7.33. The van der Waals surface area contributed by atoms with Crippen molar-refractivity contribution in [2.45, 2.75) is 34.1 Å². The third kappa shape index (κ3) is 4.09. The Bertz CT molecular complexity index is 661. The molecule has 0 aliphatic heterocycles. The van der Waals surface area contributed by atoms with Gasteiger partial charge in [0.1, 0.15) is 0 Å². The van der Waals surface area contributed by atoms with Crippen LogP contribution < -0.4 is 10.6 Å². The number of carboxylic acid groups (broad SMARTS) is 1. The Kier molecular flexibility index (Phi) is 4.45. The van der Waals surface area contributed by atoms with E-state index >= 15 is 0 Å². The van der Waals surface area contributed by atoms with Gasteiger partial charge >= 0.3 is 5.97 Å². The zero-order valence-electron chi connectivity index (χ0n) is 13.8. The SMILES string of the molecule is Cc1ccc(NC(=O)[C@@H]2C[C@@H]2C(=O)O)cc1NC(=O)C(C)(C)C. The van der Waals surface area contributed by atoms with Gasteiger partial charge < -0.3 is 15.7 Å². The van der Waals surface area contributed by atoms with Crippen molar-refractivity contribution in [2.24, 2.45) is 17.3 Å². The minimum atomic E-state index is -0.938. The van der Waals surface area contributed by atoms with Crippen LogP contribution in [0.1, 0.15) is 32.8 Å². The molecule has 1 aromatic carbocycles. The first-order valence-corrected chi connectivity index (χ1v) is 7.55. The van der Waals surface area contributed by atoms with E-state index < -0.39 is 23.2 Å². The lowest BCUT2D eigenvalue weighted by atomic mass is 9.95. The Labute approximate surface area is 135 Å². The first kappa shape index (κ1) is 17.0. The summed E-state index contributed by atoms with van der Waals surface area (Å²) in [6.07, 6.45) is 0.376. The zero-order valence-corrected chi connectivity index (χ0v) is 13.8. The number of benzene rings is 1. The molecule has 124 valence electrons. The van der Waals surface area contributed by atoms with Gasteiger partial charge in [-0.05, 0) is 31.0 Å². The van der Waals surface area contributed by atoms with Gasteiger partial charge in [0.15, 0.2) is 0 Å². The van der Waals surface area contributed by atoms with E-state index in [1.807, 2.05) is 27.7 Å². The van der Waals surface area contributed by atoms with E-state index in [4.69, 9.17) is 5.11 Å². The zero-order chi connectivity index (χ0) is 17.4. The summed E-state index contributed by atoms with van der Waals surface area (Å²) in [6, 6.07) is 5.22. The molecule has 0 aromatic heterocycles. The van der Waals surface area contributed by atoms with Crippen molar-refractivity contribution in [1.29, 1.82) is 0 Å². The first-order chi connectivity index (χ1) is 10.6. The van der Waals surface area contributed by atoms with Gasteiger partial charge in [0.25, 0.3) is 0 Å². The highest BCUT2D eigenvalue weighted by Gasteiger charge is 2.48. The number of carbonyl (C=O) groups excluding carboxylic acids is 2. The number of carbonyl (C=O) groups is 3. The van der Waals surface area contributed by atoms with Crippen molar-refractivity contribution in [3.63, 3.8) is 0 Å². The topological polar surface area (TPSA) is 95.5 Å². The number of amides is 2. The maximum absolute atomic E-state index is 12.1. The molecule has 3 N–H and O–H groups in total. The molecule has 1 aromatic rings. The van der Waals surface area contributed by atoms with Gasteiger partial charge in [-0.15, -0.1) is 0 Å². The van der Waals surface area contributed by atoms with Gasteiger partial charge in [-0.1, -0.05) is 26.8 Å². The summed E-state index contributed by atoms with van der Waals surface area (Å²) in [7, 11) is 0. The van der Waals surface area contributed by atoms with Crippen molar-refractivity contribution in [2.75, 3.05) is 10.6 Å². The molecule has 0 saturated heterocycles. The molecule has 0 spiro atoms. The predicted octanol–water partition coefficient (Wildman–Crippen LogP) is 2.64. The lowest BCUT2D eigenvalue weighted by Gasteiger charge is -2.19. The Hall–Kier alpha value is -2.37. The second-order valence-electron chi connectivity index (χ2n) is 7.01. The number of rotatable bonds is 4. The van der Waals surface area contributed by atoms with Crippen LogP contribution in [0.3, 0.4) is 0 Å². The lowest BCUT2D eigenvalue weighted by Crippen LogP contribution is -2.28. The van der Waals surface area contributed by atoms with Crippen molar-refractivity contribution in [1.82, 2.24) is 0 Å². The van der Waals surface area contributed by atoms with Crippen LogP contribution >= 0.6 is 0 Å². The molecule has 2 rings (SSSR count). The summed E-state index contributed by atoms with van der Waals surface area (Å²) >= 11 is 0. The van der Waals surface area contributed by atoms with Crippen LogP contribution in [0.2, 0.25) is 0 Å². The fraction of sp³-hybridized carbons (Fsp3) is 0.471. The van der Waals surface area contributed by atoms with Crippen LogP contribution in [0.25, 0.3) is 0 Å². The Morgan fingerprint density at radius 1 is 1.13 bits per heavy atom. The fourth-order valence-electron chi connectivity index (χ4n) is 2.14. The average Bonchev–Trinajstić information content (AvgIpc) is 3.22. The number of aryl methyl sites for hydroxylation is 1. The molecule has 0 unspecified atom stereocenters. The van der Waals surface area contributed by atoms with Crippen molar-refractivity contribution in [3.8, 4) is 0 Å². The predicted molar refractivity (Wildman–Crippen MR) is 87.1 cm³/mol. The highest BCUT2D eigenvalue weighted by Crippen LogP contribution is 2.39. The third-order valence-corrected chi connectivity index (χ3v) is 3.88. The minimum absolute atomic E-state index is 0.114. The van der Waals surface area contributed by atoms with Crippen molar-refractivity contribution >= 4 is 29.2 Å². The molecular weight excluding hydrogens is 296 g/mol. The Morgan fingerprint density at radius 2 is 1.78 bits per heavy atom. The summed E-state index contributed by atoms with van der Waals surface area (Å²) < 4.78 is 0. The van der Waals surface area contributed by atoms with E-state index in [0.717, 1.165) is 5.56 Å². The van der Waals surface area contributed by atoms with Crippen LogP contribution in [-0.4, -0.2) is 22.9 Å². The number of aliphatic carboxylic acids is 1. The molecule has 0 bridgehead atoms. The van der Waals surface area contributed by atoms with E-state index in [2.05, 4.69) is 10.6 Å². The Balaban J connectivity index is 2.07. The van der Waals surface area contributed by atoms with Gasteiger partial charge in [-0.2, -0.15) is 0 Å².